The lowest BCUT2D eigenvalue weighted by Gasteiger charge is -2.23. The van der Waals surface area contributed by atoms with Crippen LogP contribution in [0.4, 0.5) is 11.5 Å². The average Bonchev–Trinajstić information content (AvgIpc) is 3.41. The Morgan fingerprint density at radius 1 is 1.24 bits per heavy atom. The standard InChI is InChI=1S/C23H23ClN4O5/c1-3-4-10-27-20(25)17(21(29)26-23(27)31)28(12-14-7-6-11-32-14)22(30)18-13(2)15-8-5-9-16(24)19(15)33-18/h5-9,11H,3-4,10,12,25H2,1-2H3,(H,26,29,31). The first-order valence-corrected chi connectivity index (χ1v) is 10.9. The van der Waals surface area contributed by atoms with Crippen LogP contribution >= 0.6 is 11.6 Å². The number of aromatic nitrogens is 2. The molecule has 10 heteroatoms. The molecular weight excluding hydrogens is 448 g/mol. The van der Waals surface area contributed by atoms with E-state index in [-0.39, 0.29) is 23.8 Å². The van der Waals surface area contributed by atoms with Crippen LogP contribution in [-0.4, -0.2) is 15.5 Å². The molecule has 3 aromatic heterocycles. The summed E-state index contributed by atoms with van der Waals surface area (Å²) in [5.74, 6) is -0.298. The van der Waals surface area contributed by atoms with Gasteiger partial charge in [0.05, 0.1) is 17.8 Å². The third kappa shape index (κ3) is 4.07. The predicted molar refractivity (Wildman–Crippen MR) is 126 cm³/mol. The molecule has 1 aromatic carbocycles. The van der Waals surface area contributed by atoms with Gasteiger partial charge in [-0.2, -0.15) is 0 Å². The molecule has 4 rings (SSSR count). The maximum atomic E-state index is 13.7. The maximum Gasteiger partial charge on any atom is 0.330 e. The van der Waals surface area contributed by atoms with Crippen molar-refractivity contribution in [3.05, 3.63) is 79.5 Å². The zero-order chi connectivity index (χ0) is 23.7. The first kappa shape index (κ1) is 22.5. The number of fused-ring (bicyclic) bond motifs is 1. The van der Waals surface area contributed by atoms with Crippen molar-refractivity contribution in [3.63, 3.8) is 0 Å². The maximum absolute atomic E-state index is 13.7. The molecule has 0 saturated carbocycles. The molecule has 3 N–H and O–H groups in total. The zero-order valence-corrected chi connectivity index (χ0v) is 18.9. The summed E-state index contributed by atoms with van der Waals surface area (Å²) in [5.41, 5.74) is 5.64. The lowest BCUT2D eigenvalue weighted by Crippen LogP contribution is -2.41. The number of para-hydroxylation sites is 1. The van der Waals surface area contributed by atoms with Crippen LogP contribution in [0.3, 0.4) is 0 Å². The van der Waals surface area contributed by atoms with Gasteiger partial charge in [-0.3, -0.25) is 24.0 Å². The van der Waals surface area contributed by atoms with Gasteiger partial charge in [-0.15, -0.1) is 0 Å². The fourth-order valence-corrected chi connectivity index (χ4v) is 3.94. The SMILES string of the molecule is CCCCn1c(N)c(N(Cc2ccco2)C(=O)c2oc3c(Cl)cccc3c2C)c(=O)[nH]c1=O. The van der Waals surface area contributed by atoms with Gasteiger partial charge >= 0.3 is 5.69 Å². The number of benzene rings is 1. The number of nitrogens with two attached hydrogens (primary N) is 1. The van der Waals surface area contributed by atoms with Gasteiger partial charge in [0.2, 0.25) is 0 Å². The number of halogens is 1. The van der Waals surface area contributed by atoms with Crippen molar-refractivity contribution in [1.29, 1.82) is 0 Å². The van der Waals surface area contributed by atoms with Gasteiger partial charge in [0.25, 0.3) is 11.5 Å². The van der Waals surface area contributed by atoms with Crippen LogP contribution in [0, 0.1) is 6.92 Å². The largest absolute Gasteiger partial charge is 0.467 e. The Kier molecular flexibility index (Phi) is 6.15. The Balaban J connectivity index is 1.90. The van der Waals surface area contributed by atoms with Gasteiger partial charge in [0, 0.05) is 17.5 Å². The van der Waals surface area contributed by atoms with Crippen LogP contribution in [0.15, 0.2) is 55.0 Å². The van der Waals surface area contributed by atoms with Crippen LogP contribution < -0.4 is 21.9 Å². The Bertz CT molecular complexity index is 1430. The lowest BCUT2D eigenvalue weighted by atomic mass is 10.1. The second-order valence-electron chi connectivity index (χ2n) is 7.64. The van der Waals surface area contributed by atoms with Crippen molar-refractivity contribution < 1.29 is 13.6 Å². The number of rotatable bonds is 7. The van der Waals surface area contributed by atoms with Crippen LogP contribution in [0.2, 0.25) is 5.02 Å². The summed E-state index contributed by atoms with van der Waals surface area (Å²) < 4.78 is 12.5. The molecule has 0 bridgehead atoms. The Morgan fingerprint density at radius 3 is 2.70 bits per heavy atom. The number of furan rings is 2. The molecule has 33 heavy (non-hydrogen) atoms. The topological polar surface area (TPSA) is 127 Å². The van der Waals surface area contributed by atoms with E-state index in [2.05, 4.69) is 4.98 Å². The van der Waals surface area contributed by atoms with Gasteiger partial charge in [-0.05, 0) is 31.5 Å². The van der Waals surface area contributed by atoms with Crippen molar-refractivity contribution in [2.75, 3.05) is 10.6 Å². The molecule has 0 aliphatic carbocycles. The highest BCUT2D eigenvalue weighted by Gasteiger charge is 2.30. The number of nitrogens with zero attached hydrogens (tertiary/aromatic N) is 2. The van der Waals surface area contributed by atoms with E-state index in [4.69, 9.17) is 26.2 Å². The molecule has 0 saturated heterocycles. The van der Waals surface area contributed by atoms with Gasteiger partial charge in [0.1, 0.15) is 11.6 Å². The van der Waals surface area contributed by atoms with Crippen molar-refractivity contribution >= 4 is 40.0 Å². The third-order valence-electron chi connectivity index (χ3n) is 5.47. The summed E-state index contributed by atoms with van der Waals surface area (Å²) in [4.78, 5) is 42.4. The molecule has 0 fully saturated rings. The highest BCUT2D eigenvalue weighted by atomic mass is 35.5. The Labute approximate surface area is 193 Å². The molecule has 172 valence electrons. The number of amides is 1. The summed E-state index contributed by atoms with van der Waals surface area (Å²) >= 11 is 6.25. The fraction of sp³-hybridized carbons (Fsp3) is 0.261. The highest BCUT2D eigenvalue weighted by Crippen LogP contribution is 2.32. The van der Waals surface area contributed by atoms with E-state index in [0.29, 0.717) is 40.3 Å². The lowest BCUT2D eigenvalue weighted by molar-refractivity contribution is 0.0957. The van der Waals surface area contributed by atoms with E-state index in [0.717, 1.165) is 11.3 Å². The number of nitrogen functional groups attached to an aromatic ring is 1. The second kappa shape index (κ2) is 9.03. The van der Waals surface area contributed by atoms with Crippen LogP contribution in [-0.2, 0) is 13.1 Å². The Hall–Kier alpha value is -3.72. The number of carbonyl (C=O) groups is 1. The molecule has 0 aliphatic heterocycles. The van der Waals surface area contributed by atoms with Gasteiger partial charge in [-0.1, -0.05) is 37.1 Å². The smallest absolute Gasteiger partial charge is 0.330 e. The Morgan fingerprint density at radius 2 is 2.03 bits per heavy atom. The first-order valence-electron chi connectivity index (χ1n) is 10.5. The number of aromatic amines is 1. The van der Waals surface area contributed by atoms with Crippen molar-refractivity contribution in [3.8, 4) is 0 Å². The number of carbonyl (C=O) groups excluding carboxylic acids is 1. The highest BCUT2D eigenvalue weighted by molar-refractivity contribution is 6.35. The van der Waals surface area contributed by atoms with E-state index in [1.165, 1.54) is 10.8 Å². The monoisotopic (exact) mass is 470 g/mol. The van der Waals surface area contributed by atoms with Crippen LogP contribution in [0.5, 0.6) is 0 Å². The number of H-pyrrole nitrogens is 1. The number of hydrogen-bond acceptors (Lipinski definition) is 6. The molecular formula is C23H23ClN4O5. The van der Waals surface area contributed by atoms with E-state index in [1.807, 2.05) is 6.92 Å². The minimum Gasteiger partial charge on any atom is -0.467 e. The van der Waals surface area contributed by atoms with Crippen molar-refractivity contribution in [2.24, 2.45) is 0 Å². The molecule has 0 unspecified atom stereocenters. The summed E-state index contributed by atoms with van der Waals surface area (Å²) in [6, 6.07) is 8.54. The summed E-state index contributed by atoms with van der Waals surface area (Å²) in [5, 5.41) is 1.04. The number of nitrogens with one attached hydrogen (secondary N) is 1. The van der Waals surface area contributed by atoms with E-state index in [9.17, 15) is 14.4 Å². The summed E-state index contributed by atoms with van der Waals surface area (Å²) in [6.45, 7) is 3.90. The average molecular weight is 471 g/mol. The van der Waals surface area contributed by atoms with Gasteiger partial charge < -0.3 is 14.6 Å². The minimum atomic E-state index is -0.781. The third-order valence-corrected chi connectivity index (χ3v) is 5.77. The van der Waals surface area contributed by atoms with E-state index < -0.39 is 17.2 Å². The molecule has 3 heterocycles. The predicted octanol–water partition coefficient (Wildman–Crippen LogP) is 4.07. The minimum absolute atomic E-state index is 0.00904. The zero-order valence-electron chi connectivity index (χ0n) is 18.2. The molecule has 0 atom stereocenters. The first-order chi connectivity index (χ1) is 15.8. The number of unbranched alkanes of at least 4 members (excludes halogenated alkanes) is 1. The molecule has 0 aliphatic rings. The molecule has 9 nitrogen and oxygen atoms in total. The van der Waals surface area contributed by atoms with E-state index in [1.54, 1.807) is 37.3 Å². The quantitative estimate of drug-likeness (QED) is 0.419. The summed E-state index contributed by atoms with van der Waals surface area (Å²) in [6.07, 6.45) is 2.94. The van der Waals surface area contributed by atoms with Crippen LogP contribution in [0.25, 0.3) is 11.0 Å². The van der Waals surface area contributed by atoms with Crippen molar-refractivity contribution in [2.45, 2.75) is 39.8 Å². The second-order valence-corrected chi connectivity index (χ2v) is 8.05. The number of anilines is 2. The molecule has 0 radical (unpaired) electrons. The van der Waals surface area contributed by atoms with Crippen molar-refractivity contribution in [1.82, 2.24) is 9.55 Å². The van der Waals surface area contributed by atoms with Gasteiger partial charge in [0.15, 0.2) is 17.0 Å². The number of hydrogen-bond donors (Lipinski definition) is 2. The molecule has 1 amide bonds. The fourth-order valence-electron chi connectivity index (χ4n) is 3.72. The molecule has 0 spiro atoms. The molecule has 4 aromatic rings. The van der Waals surface area contributed by atoms with Crippen LogP contribution in [0.1, 0.15) is 41.6 Å². The normalized spacial score (nSPS) is 11.2. The van der Waals surface area contributed by atoms with E-state index >= 15 is 0 Å². The number of aryl methyl sites for hydroxylation is 1. The summed E-state index contributed by atoms with van der Waals surface area (Å²) in [7, 11) is 0. The van der Waals surface area contributed by atoms with Gasteiger partial charge in [-0.25, -0.2) is 4.79 Å².